The first-order valence-corrected chi connectivity index (χ1v) is 6.00. The molecule has 0 saturated carbocycles. The van der Waals surface area contributed by atoms with Gasteiger partial charge < -0.3 is 0 Å². The van der Waals surface area contributed by atoms with Gasteiger partial charge in [0.2, 0.25) is 0 Å². The first-order chi connectivity index (χ1) is 7.19. The standard InChI is InChI=1S/C12H23N3/c1-4-5-8-15-10-12(6-7-13)14(3)9-11(15)2/h11-12H,4-6,8-10H2,1-3H3. The van der Waals surface area contributed by atoms with Gasteiger partial charge in [-0.05, 0) is 26.9 Å². The van der Waals surface area contributed by atoms with Crippen LogP contribution in [-0.2, 0) is 0 Å². The molecule has 1 aliphatic heterocycles. The second-order valence-corrected chi connectivity index (χ2v) is 4.65. The van der Waals surface area contributed by atoms with Crippen LogP contribution in [-0.4, -0.2) is 48.6 Å². The minimum Gasteiger partial charge on any atom is -0.300 e. The Balaban J connectivity index is 2.47. The Morgan fingerprint density at radius 2 is 2.13 bits per heavy atom. The molecular formula is C12H23N3. The Morgan fingerprint density at radius 3 is 2.73 bits per heavy atom. The maximum absolute atomic E-state index is 8.77. The molecule has 1 saturated heterocycles. The van der Waals surface area contributed by atoms with Crippen LogP contribution in [0.3, 0.4) is 0 Å². The van der Waals surface area contributed by atoms with Crippen LogP contribution in [0.25, 0.3) is 0 Å². The predicted octanol–water partition coefficient (Wildman–Crippen LogP) is 1.70. The van der Waals surface area contributed by atoms with E-state index >= 15 is 0 Å². The molecule has 3 heteroatoms. The molecule has 0 spiro atoms. The maximum atomic E-state index is 8.77. The largest absolute Gasteiger partial charge is 0.300 e. The molecule has 0 bridgehead atoms. The molecule has 1 rings (SSSR count). The highest BCUT2D eigenvalue weighted by Gasteiger charge is 2.28. The Hall–Kier alpha value is -0.590. The lowest BCUT2D eigenvalue weighted by Gasteiger charge is -2.43. The zero-order chi connectivity index (χ0) is 11.3. The number of hydrogen-bond acceptors (Lipinski definition) is 3. The second kappa shape index (κ2) is 6.09. The predicted molar refractivity (Wildman–Crippen MR) is 62.6 cm³/mol. The molecule has 0 radical (unpaired) electrons. The molecule has 0 N–H and O–H groups in total. The van der Waals surface area contributed by atoms with Crippen molar-refractivity contribution >= 4 is 0 Å². The van der Waals surface area contributed by atoms with Crippen LogP contribution in [0, 0.1) is 11.3 Å². The maximum Gasteiger partial charge on any atom is 0.0638 e. The molecule has 1 aliphatic rings. The summed E-state index contributed by atoms with van der Waals surface area (Å²) in [5, 5.41) is 8.77. The third-order valence-corrected chi connectivity index (χ3v) is 3.37. The first-order valence-electron chi connectivity index (χ1n) is 6.00. The molecule has 0 amide bonds. The average Bonchev–Trinajstić information content (AvgIpc) is 2.20. The summed E-state index contributed by atoms with van der Waals surface area (Å²) in [4.78, 5) is 4.86. The summed E-state index contributed by atoms with van der Waals surface area (Å²) < 4.78 is 0. The number of rotatable bonds is 4. The summed E-state index contributed by atoms with van der Waals surface area (Å²) in [6.07, 6.45) is 3.18. The van der Waals surface area contributed by atoms with Crippen LogP contribution >= 0.6 is 0 Å². The van der Waals surface area contributed by atoms with Crippen molar-refractivity contribution in [3.63, 3.8) is 0 Å². The molecule has 3 nitrogen and oxygen atoms in total. The number of nitriles is 1. The van der Waals surface area contributed by atoms with Crippen LogP contribution in [0.15, 0.2) is 0 Å². The fraction of sp³-hybridized carbons (Fsp3) is 0.917. The van der Waals surface area contributed by atoms with Crippen LogP contribution in [0.1, 0.15) is 33.1 Å². The Morgan fingerprint density at radius 1 is 1.40 bits per heavy atom. The van der Waals surface area contributed by atoms with Crippen molar-refractivity contribution in [2.45, 2.75) is 45.2 Å². The van der Waals surface area contributed by atoms with E-state index in [2.05, 4.69) is 36.8 Å². The van der Waals surface area contributed by atoms with E-state index in [1.807, 2.05) is 0 Å². The summed E-state index contributed by atoms with van der Waals surface area (Å²) in [7, 11) is 2.13. The fourth-order valence-electron chi connectivity index (χ4n) is 2.27. The number of likely N-dealkylation sites (N-methyl/N-ethyl adjacent to an activating group) is 1. The van der Waals surface area contributed by atoms with Gasteiger partial charge in [-0.25, -0.2) is 0 Å². The van der Waals surface area contributed by atoms with Crippen molar-refractivity contribution in [2.24, 2.45) is 0 Å². The lowest BCUT2D eigenvalue weighted by molar-refractivity contribution is 0.0534. The van der Waals surface area contributed by atoms with Gasteiger partial charge in [0.1, 0.15) is 0 Å². The van der Waals surface area contributed by atoms with E-state index in [9.17, 15) is 0 Å². The quantitative estimate of drug-likeness (QED) is 0.706. The Kier molecular flexibility index (Phi) is 5.07. The minimum atomic E-state index is 0.433. The third-order valence-electron chi connectivity index (χ3n) is 3.37. The van der Waals surface area contributed by atoms with Crippen LogP contribution in [0.4, 0.5) is 0 Å². The van der Waals surface area contributed by atoms with Gasteiger partial charge in [-0.3, -0.25) is 9.80 Å². The zero-order valence-corrected chi connectivity index (χ0v) is 10.2. The van der Waals surface area contributed by atoms with Gasteiger partial charge in [0, 0.05) is 25.2 Å². The summed E-state index contributed by atoms with van der Waals surface area (Å²) >= 11 is 0. The molecule has 86 valence electrons. The molecule has 0 aromatic rings. The van der Waals surface area contributed by atoms with Crippen molar-refractivity contribution in [3.05, 3.63) is 0 Å². The number of nitrogens with zero attached hydrogens (tertiary/aromatic N) is 3. The van der Waals surface area contributed by atoms with Gasteiger partial charge in [0.05, 0.1) is 12.5 Å². The Bertz CT molecular complexity index is 221. The second-order valence-electron chi connectivity index (χ2n) is 4.65. The van der Waals surface area contributed by atoms with Gasteiger partial charge >= 0.3 is 0 Å². The van der Waals surface area contributed by atoms with Crippen molar-refractivity contribution in [1.82, 2.24) is 9.80 Å². The summed E-state index contributed by atoms with van der Waals surface area (Å²) in [6, 6.07) is 3.36. The van der Waals surface area contributed by atoms with E-state index in [0.29, 0.717) is 18.5 Å². The topological polar surface area (TPSA) is 30.3 Å². The van der Waals surface area contributed by atoms with Crippen LogP contribution in [0.2, 0.25) is 0 Å². The molecule has 1 heterocycles. The lowest BCUT2D eigenvalue weighted by atomic mass is 10.1. The summed E-state index contributed by atoms with van der Waals surface area (Å²) in [5.41, 5.74) is 0. The molecule has 2 atom stereocenters. The van der Waals surface area contributed by atoms with Crippen molar-refractivity contribution in [3.8, 4) is 6.07 Å². The van der Waals surface area contributed by atoms with Gasteiger partial charge in [-0.2, -0.15) is 5.26 Å². The summed E-state index contributed by atoms with van der Waals surface area (Å²) in [5.74, 6) is 0. The van der Waals surface area contributed by atoms with Crippen LogP contribution in [0.5, 0.6) is 0 Å². The molecule has 15 heavy (non-hydrogen) atoms. The number of hydrogen-bond donors (Lipinski definition) is 0. The molecule has 2 unspecified atom stereocenters. The number of piperazine rings is 1. The first kappa shape index (κ1) is 12.5. The molecule has 0 aromatic heterocycles. The SMILES string of the molecule is CCCCN1CC(CC#N)N(C)CC1C. The smallest absolute Gasteiger partial charge is 0.0638 e. The van der Waals surface area contributed by atoms with E-state index in [0.717, 1.165) is 13.1 Å². The molecule has 0 aliphatic carbocycles. The van der Waals surface area contributed by atoms with E-state index in [1.54, 1.807) is 0 Å². The number of unbranched alkanes of at least 4 members (excludes halogenated alkanes) is 1. The van der Waals surface area contributed by atoms with E-state index in [4.69, 9.17) is 5.26 Å². The zero-order valence-electron chi connectivity index (χ0n) is 10.2. The van der Waals surface area contributed by atoms with E-state index in [-0.39, 0.29) is 0 Å². The Labute approximate surface area is 93.7 Å². The van der Waals surface area contributed by atoms with Gasteiger partial charge in [0.15, 0.2) is 0 Å². The van der Waals surface area contributed by atoms with Crippen molar-refractivity contribution in [2.75, 3.05) is 26.7 Å². The monoisotopic (exact) mass is 209 g/mol. The average molecular weight is 209 g/mol. The highest BCUT2D eigenvalue weighted by atomic mass is 15.3. The van der Waals surface area contributed by atoms with Gasteiger partial charge in [-0.1, -0.05) is 13.3 Å². The lowest BCUT2D eigenvalue weighted by Crippen LogP contribution is -2.55. The molecular weight excluding hydrogens is 186 g/mol. The van der Waals surface area contributed by atoms with Crippen LogP contribution < -0.4 is 0 Å². The van der Waals surface area contributed by atoms with E-state index in [1.165, 1.54) is 19.4 Å². The normalized spacial score (nSPS) is 28.9. The molecule has 1 fully saturated rings. The fourth-order valence-corrected chi connectivity index (χ4v) is 2.27. The summed E-state index contributed by atoms with van der Waals surface area (Å²) in [6.45, 7) is 7.86. The highest BCUT2D eigenvalue weighted by molar-refractivity contribution is 4.90. The van der Waals surface area contributed by atoms with Gasteiger partial charge in [0.25, 0.3) is 0 Å². The van der Waals surface area contributed by atoms with E-state index < -0.39 is 0 Å². The minimum absolute atomic E-state index is 0.433. The van der Waals surface area contributed by atoms with Gasteiger partial charge in [-0.15, -0.1) is 0 Å². The van der Waals surface area contributed by atoms with Crippen molar-refractivity contribution < 1.29 is 0 Å². The third kappa shape index (κ3) is 3.48. The highest BCUT2D eigenvalue weighted by Crippen LogP contribution is 2.16. The molecule has 0 aromatic carbocycles. The van der Waals surface area contributed by atoms with Crippen molar-refractivity contribution in [1.29, 1.82) is 5.26 Å².